The number of methoxy groups -OCH3 is 1. The Labute approximate surface area is 230 Å². The van der Waals surface area contributed by atoms with Crippen LogP contribution in [0.15, 0.2) is 50.9 Å². The van der Waals surface area contributed by atoms with Crippen LogP contribution in [0.2, 0.25) is 0 Å². The lowest BCUT2D eigenvalue weighted by atomic mass is 9.96. The van der Waals surface area contributed by atoms with E-state index >= 15 is 0 Å². The highest BCUT2D eigenvalue weighted by Crippen LogP contribution is 2.39. The van der Waals surface area contributed by atoms with Crippen LogP contribution in [0, 0.1) is 22.7 Å². The molecule has 1 N–H and O–H groups in total. The first kappa shape index (κ1) is 26.0. The van der Waals surface area contributed by atoms with Crippen molar-refractivity contribution in [2.75, 3.05) is 12.4 Å². The van der Waals surface area contributed by atoms with E-state index in [9.17, 15) is 15.3 Å². The van der Waals surface area contributed by atoms with Gasteiger partial charge < -0.3 is 14.8 Å². The highest BCUT2D eigenvalue weighted by atomic mass is 79.9. The molecule has 3 aromatic rings. The Hall–Kier alpha value is -3.11. The highest BCUT2D eigenvalue weighted by molar-refractivity contribution is 9.10. The molecule has 0 saturated carbocycles. The second kappa shape index (κ2) is 11.7. The number of thiophene rings is 1. The number of hydrogen-bond donors (Lipinski definition) is 1. The molecule has 0 aliphatic heterocycles. The van der Waals surface area contributed by atoms with E-state index in [0.29, 0.717) is 38.7 Å². The van der Waals surface area contributed by atoms with Gasteiger partial charge in [0.15, 0.2) is 11.5 Å². The quantitative estimate of drug-likeness (QED) is 0.222. The first-order chi connectivity index (χ1) is 17.4. The van der Waals surface area contributed by atoms with Gasteiger partial charge in [0, 0.05) is 9.35 Å². The average molecular weight is 627 g/mol. The number of ether oxygens (including phenoxy) is 2. The Morgan fingerprint density at radius 3 is 2.61 bits per heavy atom. The van der Waals surface area contributed by atoms with E-state index in [4.69, 9.17) is 9.47 Å². The molecule has 1 aliphatic rings. The van der Waals surface area contributed by atoms with Crippen molar-refractivity contribution in [1.82, 2.24) is 0 Å². The maximum atomic E-state index is 12.9. The summed E-state index contributed by atoms with van der Waals surface area (Å²) in [5.74, 6) is 0.421. The third kappa shape index (κ3) is 5.82. The average Bonchev–Trinajstić information content (AvgIpc) is 3.24. The summed E-state index contributed by atoms with van der Waals surface area (Å²) in [4.78, 5) is 14.1. The number of anilines is 1. The molecule has 0 unspecified atom stereocenters. The van der Waals surface area contributed by atoms with Crippen molar-refractivity contribution < 1.29 is 14.3 Å². The van der Waals surface area contributed by atoms with E-state index in [1.54, 1.807) is 12.1 Å². The van der Waals surface area contributed by atoms with Crippen LogP contribution in [0.4, 0.5) is 5.00 Å². The van der Waals surface area contributed by atoms with Gasteiger partial charge in [-0.2, -0.15) is 10.5 Å². The maximum Gasteiger partial charge on any atom is 0.266 e. The fraction of sp³-hybridized carbons (Fsp3) is 0.222. The number of nitrogens with one attached hydrogen (secondary N) is 1. The van der Waals surface area contributed by atoms with Crippen molar-refractivity contribution in [3.8, 4) is 23.6 Å². The second-order valence-corrected chi connectivity index (χ2v) is 11.0. The van der Waals surface area contributed by atoms with Crippen LogP contribution < -0.4 is 14.8 Å². The molecule has 4 rings (SSSR count). The van der Waals surface area contributed by atoms with Crippen LogP contribution in [-0.4, -0.2) is 13.0 Å². The summed E-state index contributed by atoms with van der Waals surface area (Å²) in [6.45, 7) is 0.343. The topological polar surface area (TPSA) is 95.1 Å². The number of halogens is 2. The molecule has 6 nitrogen and oxygen atoms in total. The van der Waals surface area contributed by atoms with E-state index in [0.717, 1.165) is 46.2 Å². The number of hydrogen-bond acceptors (Lipinski definition) is 6. The molecule has 0 spiro atoms. The molecule has 1 amide bonds. The summed E-state index contributed by atoms with van der Waals surface area (Å²) in [5.41, 5.74) is 3.04. The van der Waals surface area contributed by atoms with Gasteiger partial charge in [0.25, 0.3) is 5.91 Å². The lowest BCUT2D eigenvalue weighted by Gasteiger charge is -2.14. The molecular formula is C27H21Br2N3O3S. The zero-order valence-corrected chi connectivity index (χ0v) is 23.3. The Bertz CT molecular complexity index is 1420. The van der Waals surface area contributed by atoms with E-state index in [-0.39, 0.29) is 5.57 Å². The monoisotopic (exact) mass is 625 g/mol. The molecular weight excluding hydrogens is 606 g/mol. The van der Waals surface area contributed by atoms with Gasteiger partial charge >= 0.3 is 0 Å². The summed E-state index contributed by atoms with van der Waals surface area (Å²) in [6.07, 6.45) is 5.36. The Morgan fingerprint density at radius 1 is 1.17 bits per heavy atom. The van der Waals surface area contributed by atoms with Gasteiger partial charge in [-0.15, -0.1) is 11.3 Å². The van der Waals surface area contributed by atoms with Gasteiger partial charge in [-0.25, -0.2) is 0 Å². The number of nitrogens with zero attached hydrogens (tertiary/aromatic N) is 2. The number of fused-ring (bicyclic) bond motifs is 1. The van der Waals surface area contributed by atoms with E-state index in [2.05, 4.69) is 43.2 Å². The van der Waals surface area contributed by atoms with E-state index in [1.165, 1.54) is 24.5 Å². The van der Waals surface area contributed by atoms with Gasteiger partial charge in [-0.3, -0.25) is 4.79 Å². The van der Waals surface area contributed by atoms with Crippen LogP contribution >= 0.6 is 43.2 Å². The minimum absolute atomic E-state index is 0.0808. The predicted molar refractivity (Wildman–Crippen MR) is 147 cm³/mol. The van der Waals surface area contributed by atoms with Gasteiger partial charge in [-0.05, 0) is 88.6 Å². The van der Waals surface area contributed by atoms with Crippen molar-refractivity contribution in [2.24, 2.45) is 0 Å². The smallest absolute Gasteiger partial charge is 0.266 e. The van der Waals surface area contributed by atoms with Crippen molar-refractivity contribution in [2.45, 2.75) is 32.3 Å². The minimum atomic E-state index is -0.557. The minimum Gasteiger partial charge on any atom is -0.493 e. The summed E-state index contributed by atoms with van der Waals surface area (Å²) in [6, 6.07) is 15.5. The van der Waals surface area contributed by atoms with Gasteiger partial charge in [0.2, 0.25) is 0 Å². The number of benzene rings is 2. The molecule has 36 heavy (non-hydrogen) atoms. The lowest BCUT2D eigenvalue weighted by molar-refractivity contribution is -0.112. The zero-order chi connectivity index (χ0) is 25.7. The molecule has 0 bridgehead atoms. The first-order valence-electron chi connectivity index (χ1n) is 11.2. The van der Waals surface area contributed by atoms with Crippen LogP contribution in [-0.2, 0) is 24.2 Å². The van der Waals surface area contributed by atoms with Crippen LogP contribution in [0.25, 0.3) is 6.08 Å². The molecule has 1 heterocycles. The molecule has 182 valence electrons. The number of carbonyl (C=O) groups excluding carboxylic acids is 1. The number of nitriles is 2. The Morgan fingerprint density at radius 2 is 1.92 bits per heavy atom. The van der Waals surface area contributed by atoms with Crippen LogP contribution in [0.5, 0.6) is 11.5 Å². The number of carbonyl (C=O) groups is 1. The molecule has 2 aromatic carbocycles. The largest absolute Gasteiger partial charge is 0.493 e. The van der Waals surface area contributed by atoms with Gasteiger partial charge in [-0.1, -0.05) is 28.1 Å². The lowest BCUT2D eigenvalue weighted by Crippen LogP contribution is -2.13. The maximum absolute atomic E-state index is 12.9. The van der Waals surface area contributed by atoms with E-state index in [1.807, 2.05) is 30.3 Å². The van der Waals surface area contributed by atoms with Gasteiger partial charge in [0.05, 0.1) is 17.1 Å². The summed E-state index contributed by atoms with van der Waals surface area (Å²) < 4.78 is 13.1. The normalized spacial score (nSPS) is 12.8. The SMILES string of the molecule is COc1cc(/C=C(\C#N)C(=O)Nc2sc3c(c2C#N)CCCC3)cc(Br)c1OCc1ccc(Br)cc1. The third-order valence-corrected chi connectivity index (χ3v) is 8.06. The molecule has 0 fully saturated rings. The zero-order valence-electron chi connectivity index (χ0n) is 19.4. The number of amides is 1. The highest BCUT2D eigenvalue weighted by Gasteiger charge is 2.23. The molecule has 1 aromatic heterocycles. The fourth-order valence-corrected chi connectivity index (χ4v) is 6.03. The summed E-state index contributed by atoms with van der Waals surface area (Å²) in [7, 11) is 1.53. The standard InChI is InChI=1S/C27H21Br2N3O3S/c1-34-23-12-17(11-22(29)25(23)35-15-16-6-8-19(28)9-7-16)10-18(13-30)26(33)32-27-21(14-31)20-4-2-3-5-24(20)36-27/h6-12H,2-5,15H2,1H3,(H,32,33)/b18-10+. The molecule has 0 radical (unpaired) electrons. The van der Waals surface area contributed by atoms with Crippen molar-refractivity contribution in [1.29, 1.82) is 10.5 Å². The van der Waals surface area contributed by atoms with Crippen LogP contribution in [0.3, 0.4) is 0 Å². The second-order valence-electron chi connectivity index (χ2n) is 8.10. The van der Waals surface area contributed by atoms with Crippen molar-refractivity contribution >= 4 is 60.2 Å². The number of aryl methyl sites for hydroxylation is 1. The molecule has 0 atom stereocenters. The van der Waals surface area contributed by atoms with Crippen LogP contribution in [0.1, 0.15) is 40.0 Å². The molecule has 1 aliphatic carbocycles. The van der Waals surface area contributed by atoms with Crippen molar-refractivity contribution in [3.05, 3.63) is 78.0 Å². The number of rotatable bonds is 7. The first-order valence-corrected chi connectivity index (χ1v) is 13.6. The van der Waals surface area contributed by atoms with Gasteiger partial charge in [0.1, 0.15) is 29.3 Å². The fourth-order valence-electron chi connectivity index (χ4n) is 3.96. The van der Waals surface area contributed by atoms with Crippen molar-refractivity contribution in [3.63, 3.8) is 0 Å². The summed E-state index contributed by atoms with van der Waals surface area (Å²) in [5, 5.41) is 22.6. The predicted octanol–water partition coefficient (Wildman–Crippen LogP) is 7.16. The summed E-state index contributed by atoms with van der Waals surface area (Å²) >= 11 is 8.36. The third-order valence-electron chi connectivity index (χ3n) is 5.73. The Balaban J connectivity index is 1.55. The van der Waals surface area contributed by atoms with E-state index < -0.39 is 5.91 Å². The Kier molecular flexibility index (Phi) is 8.48. The molecule has 0 saturated heterocycles. The molecule has 9 heteroatoms.